The first-order valence-electron chi connectivity index (χ1n) is 4.22. The van der Waals surface area contributed by atoms with Crippen molar-refractivity contribution in [3.63, 3.8) is 0 Å². The van der Waals surface area contributed by atoms with Gasteiger partial charge in [0, 0.05) is 38.1 Å². The van der Waals surface area contributed by atoms with E-state index in [9.17, 15) is 0 Å². The van der Waals surface area contributed by atoms with Crippen LogP contribution in [0.1, 0.15) is 6.92 Å². The third kappa shape index (κ3) is 2.62. The summed E-state index contributed by atoms with van der Waals surface area (Å²) in [4.78, 5) is 4.81. The molecule has 0 saturated carbocycles. The van der Waals surface area contributed by atoms with Crippen LogP contribution in [0.15, 0.2) is 0 Å². The van der Waals surface area contributed by atoms with Crippen LogP contribution < -0.4 is 0 Å². The van der Waals surface area contributed by atoms with Gasteiger partial charge in [0.25, 0.3) is 0 Å². The lowest BCUT2D eigenvalue weighted by atomic mass is 10.2. The Morgan fingerprint density at radius 1 is 1.27 bits per heavy atom. The zero-order chi connectivity index (χ0) is 8.27. The molecule has 0 aliphatic carbocycles. The van der Waals surface area contributed by atoms with Crippen LogP contribution in [0.4, 0.5) is 0 Å². The molecule has 0 radical (unpaired) electrons. The van der Waals surface area contributed by atoms with Crippen LogP contribution in [-0.2, 0) is 0 Å². The van der Waals surface area contributed by atoms with Crippen molar-refractivity contribution in [1.82, 2.24) is 9.80 Å². The predicted molar refractivity (Wildman–Crippen MR) is 49.3 cm³/mol. The van der Waals surface area contributed by atoms with Crippen molar-refractivity contribution in [3.05, 3.63) is 0 Å². The molecule has 0 bridgehead atoms. The first-order valence-corrected chi connectivity index (χ1v) is 4.76. The quantitative estimate of drug-likeness (QED) is 0.576. The van der Waals surface area contributed by atoms with Crippen LogP contribution >= 0.6 is 11.6 Å². The predicted octanol–water partition coefficient (Wildman–Crippen LogP) is 0.861. The zero-order valence-electron chi connectivity index (χ0n) is 7.39. The number of halogens is 1. The number of likely N-dealkylation sites (N-methyl/N-ethyl adjacent to an activating group) is 1. The van der Waals surface area contributed by atoms with Gasteiger partial charge < -0.3 is 4.90 Å². The average molecular weight is 177 g/mol. The van der Waals surface area contributed by atoms with E-state index in [0.29, 0.717) is 6.04 Å². The van der Waals surface area contributed by atoms with Gasteiger partial charge in [-0.1, -0.05) is 0 Å². The van der Waals surface area contributed by atoms with E-state index in [1.165, 1.54) is 26.2 Å². The molecule has 1 atom stereocenters. The van der Waals surface area contributed by atoms with Gasteiger partial charge in [0.1, 0.15) is 0 Å². The van der Waals surface area contributed by atoms with Crippen molar-refractivity contribution in [2.45, 2.75) is 13.0 Å². The van der Waals surface area contributed by atoms with E-state index in [4.69, 9.17) is 11.6 Å². The number of hydrogen-bond acceptors (Lipinski definition) is 2. The number of hydrogen-bond donors (Lipinski definition) is 0. The second kappa shape index (κ2) is 4.29. The minimum Gasteiger partial charge on any atom is -0.304 e. The zero-order valence-corrected chi connectivity index (χ0v) is 8.14. The Balaban J connectivity index is 2.27. The molecule has 3 heteroatoms. The summed E-state index contributed by atoms with van der Waals surface area (Å²) in [5.41, 5.74) is 0. The Labute approximate surface area is 74.1 Å². The molecule has 1 unspecified atom stereocenters. The maximum absolute atomic E-state index is 5.77. The van der Waals surface area contributed by atoms with Gasteiger partial charge in [-0.2, -0.15) is 0 Å². The largest absolute Gasteiger partial charge is 0.304 e. The topological polar surface area (TPSA) is 6.48 Å². The molecular weight excluding hydrogens is 160 g/mol. The Morgan fingerprint density at radius 3 is 2.27 bits per heavy atom. The van der Waals surface area contributed by atoms with Gasteiger partial charge in [0.05, 0.1) is 0 Å². The highest BCUT2D eigenvalue weighted by Gasteiger charge is 2.17. The molecule has 0 aromatic carbocycles. The molecule has 66 valence electrons. The number of nitrogens with zero attached hydrogens (tertiary/aromatic N) is 2. The van der Waals surface area contributed by atoms with Crippen LogP contribution in [0.3, 0.4) is 0 Å². The lowest BCUT2D eigenvalue weighted by Crippen LogP contribution is -2.48. The molecule has 0 amide bonds. The highest BCUT2D eigenvalue weighted by atomic mass is 35.5. The highest BCUT2D eigenvalue weighted by molar-refractivity contribution is 6.18. The summed E-state index contributed by atoms with van der Waals surface area (Å²) in [6, 6.07) is 0.547. The highest BCUT2D eigenvalue weighted by Crippen LogP contribution is 2.05. The van der Waals surface area contributed by atoms with Crippen LogP contribution in [0.5, 0.6) is 0 Å². The van der Waals surface area contributed by atoms with Gasteiger partial charge in [-0.25, -0.2) is 0 Å². The van der Waals surface area contributed by atoms with E-state index in [1.54, 1.807) is 0 Å². The maximum atomic E-state index is 5.77. The normalized spacial score (nSPS) is 25.4. The summed E-state index contributed by atoms with van der Waals surface area (Å²) in [5, 5.41) is 0. The van der Waals surface area contributed by atoms with E-state index in [2.05, 4.69) is 23.8 Å². The van der Waals surface area contributed by atoms with Gasteiger partial charge in [-0.05, 0) is 14.0 Å². The molecule has 0 spiro atoms. The van der Waals surface area contributed by atoms with E-state index < -0.39 is 0 Å². The second-order valence-corrected chi connectivity index (χ2v) is 3.65. The van der Waals surface area contributed by atoms with Crippen LogP contribution in [0.2, 0.25) is 0 Å². The number of alkyl halides is 1. The Hall–Kier alpha value is 0.210. The second-order valence-electron chi connectivity index (χ2n) is 3.34. The van der Waals surface area contributed by atoms with Crippen molar-refractivity contribution in [2.24, 2.45) is 0 Å². The lowest BCUT2D eigenvalue weighted by Gasteiger charge is -2.35. The molecule has 1 rings (SSSR count). The molecule has 0 N–H and O–H groups in total. The summed E-state index contributed by atoms with van der Waals surface area (Å²) in [6.45, 7) is 6.90. The Morgan fingerprint density at radius 2 is 1.82 bits per heavy atom. The lowest BCUT2D eigenvalue weighted by molar-refractivity contribution is 0.127. The average Bonchev–Trinajstić information content (AvgIpc) is 2.05. The van der Waals surface area contributed by atoms with Crippen molar-refractivity contribution < 1.29 is 0 Å². The van der Waals surface area contributed by atoms with Crippen LogP contribution in [0.25, 0.3) is 0 Å². The summed E-state index contributed by atoms with van der Waals surface area (Å²) < 4.78 is 0. The minimum absolute atomic E-state index is 0.547. The third-order valence-corrected chi connectivity index (χ3v) is 2.83. The van der Waals surface area contributed by atoms with Crippen molar-refractivity contribution in [3.8, 4) is 0 Å². The fourth-order valence-electron chi connectivity index (χ4n) is 1.36. The standard InChI is InChI=1S/C8H17ClN2/c1-8(7-9)11-5-3-10(2)4-6-11/h8H,3-7H2,1-2H3. The van der Waals surface area contributed by atoms with E-state index in [1.807, 2.05) is 0 Å². The summed E-state index contributed by atoms with van der Waals surface area (Å²) in [6.07, 6.45) is 0. The summed E-state index contributed by atoms with van der Waals surface area (Å²) in [7, 11) is 2.17. The van der Waals surface area contributed by atoms with E-state index in [-0.39, 0.29) is 0 Å². The summed E-state index contributed by atoms with van der Waals surface area (Å²) >= 11 is 5.77. The smallest absolute Gasteiger partial charge is 0.0376 e. The minimum atomic E-state index is 0.547. The van der Waals surface area contributed by atoms with E-state index >= 15 is 0 Å². The van der Waals surface area contributed by atoms with Crippen LogP contribution in [-0.4, -0.2) is 54.9 Å². The van der Waals surface area contributed by atoms with Gasteiger partial charge in [0.2, 0.25) is 0 Å². The molecule has 11 heavy (non-hydrogen) atoms. The van der Waals surface area contributed by atoms with Gasteiger partial charge in [0.15, 0.2) is 0 Å². The van der Waals surface area contributed by atoms with Gasteiger partial charge >= 0.3 is 0 Å². The molecule has 1 fully saturated rings. The maximum Gasteiger partial charge on any atom is 0.0376 e. The molecule has 1 saturated heterocycles. The van der Waals surface area contributed by atoms with Crippen molar-refractivity contribution in [1.29, 1.82) is 0 Å². The fraction of sp³-hybridized carbons (Fsp3) is 1.00. The molecule has 1 heterocycles. The molecule has 0 aromatic heterocycles. The van der Waals surface area contributed by atoms with Gasteiger partial charge in [-0.15, -0.1) is 11.6 Å². The molecule has 2 nitrogen and oxygen atoms in total. The summed E-state index contributed by atoms with van der Waals surface area (Å²) in [5.74, 6) is 0.754. The van der Waals surface area contributed by atoms with Crippen molar-refractivity contribution >= 4 is 11.6 Å². The molecule has 1 aliphatic rings. The first kappa shape index (κ1) is 9.30. The van der Waals surface area contributed by atoms with E-state index in [0.717, 1.165) is 5.88 Å². The van der Waals surface area contributed by atoms with Gasteiger partial charge in [-0.3, -0.25) is 4.90 Å². The Kier molecular flexibility index (Phi) is 3.63. The number of piperazine rings is 1. The fourth-order valence-corrected chi connectivity index (χ4v) is 1.56. The van der Waals surface area contributed by atoms with Crippen molar-refractivity contribution in [2.75, 3.05) is 39.1 Å². The SMILES string of the molecule is CC(CCl)N1CCN(C)CC1. The van der Waals surface area contributed by atoms with Crippen LogP contribution in [0, 0.1) is 0 Å². The number of rotatable bonds is 2. The molecule has 0 aromatic rings. The first-order chi connectivity index (χ1) is 5.24. The monoisotopic (exact) mass is 176 g/mol. The Bertz CT molecular complexity index is 111. The third-order valence-electron chi connectivity index (χ3n) is 2.38. The molecular formula is C8H17ClN2. The molecule has 1 aliphatic heterocycles.